The van der Waals surface area contributed by atoms with E-state index >= 15 is 0 Å². The van der Waals surface area contributed by atoms with Gasteiger partial charge in [-0.15, -0.1) is 0 Å². The molecule has 0 fully saturated rings. The normalized spacial score (nSPS) is 13.2. The molecule has 148 valence electrons. The van der Waals surface area contributed by atoms with Crippen LogP contribution >= 0.6 is 0 Å². The summed E-state index contributed by atoms with van der Waals surface area (Å²) >= 11 is 0. The smallest absolute Gasteiger partial charge is 0.356 e. The van der Waals surface area contributed by atoms with E-state index in [4.69, 9.17) is 0 Å². The Kier molecular flexibility index (Phi) is 5.37. The highest BCUT2D eigenvalue weighted by Crippen LogP contribution is 2.24. The second-order valence-corrected chi connectivity index (χ2v) is 7.11. The number of fused-ring (bicyclic) bond motifs is 1. The van der Waals surface area contributed by atoms with Crippen molar-refractivity contribution in [3.05, 3.63) is 82.9 Å². The molecule has 1 aromatic carbocycles. The molecule has 7 heteroatoms. The van der Waals surface area contributed by atoms with Gasteiger partial charge in [-0.25, -0.2) is 4.79 Å². The standard InChI is InChI=1S/C22H22N4O3/c27-21(17-9-4-11-23-14-17)25-13-10-19-18(15-25)20(22(28)29)24-26(19)12-5-8-16-6-2-1-3-7-16/h1-4,6-7,9,11,14H,5,8,10,12-13,15H2,(H,28,29). The first kappa shape index (κ1) is 18.9. The third-order valence-corrected chi connectivity index (χ3v) is 5.21. The molecule has 1 N–H and O–H groups in total. The molecule has 2 aromatic heterocycles. The van der Waals surface area contributed by atoms with Crippen LogP contribution in [0.3, 0.4) is 0 Å². The van der Waals surface area contributed by atoms with Gasteiger partial charge in [0.25, 0.3) is 5.91 Å². The van der Waals surface area contributed by atoms with E-state index in [9.17, 15) is 14.7 Å². The number of aromatic carboxylic acids is 1. The van der Waals surface area contributed by atoms with E-state index in [0.29, 0.717) is 30.6 Å². The van der Waals surface area contributed by atoms with Crippen molar-refractivity contribution >= 4 is 11.9 Å². The van der Waals surface area contributed by atoms with Crippen molar-refractivity contribution in [3.8, 4) is 0 Å². The zero-order valence-electron chi connectivity index (χ0n) is 16.0. The Bertz CT molecular complexity index is 1020. The van der Waals surface area contributed by atoms with Crippen molar-refractivity contribution in [1.29, 1.82) is 0 Å². The fourth-order valence-electron chi connectivity index (χ4n) is 3.77. The molecule has 29 heavy (non-hydrogen) atoms. The number of hydrogen-bond donors (Lipinski definition) is 1. The van der Waals surface area contributed by atoms with Crippen LogP contribution in [0.2, 0.25) is 0 Å². The molecule has 0 atom stereocenters. The number of carbonyl (C=O) groups excluding carboxylic acids is 1. The monoisotopic (exact) mass is 390 g/mol. The van der Waals surface area contributed by atoms with Gasteiger partial charge in [0, 0.05) is 43.2 Å². The predicted octanol–water partition coefficient (Wildman–Crippen LogP) is 2.81. The SMILES string of the molecule is O=C(O)c1nn(CCCc2ccccc2)c2c1CN(C(=O)c1cccnc1)CC2. The third kappa shape index (κ3) is 4.03. The maximum Gasteiger partial charge on any atom is 0.356 e. The Hall–Kier alpha value is -3.48. The molecule has 0 bridgehead atoms. The van der Waals surface area contributed by atoms with Crippen molar-refractivity contribution < 1.29 is 14.7 Å². The number of rotatable bonds is 6. The Morgan fingerprint density at radius 3 is 2.66 bits per heavy atom. The zero-order chi connectivity index (χ0) is 20.2. The highest BCUT2D eigenvalue weighted by molar-refractivity contribution is 5.94. The fraction of sp³-hybridized carbons (Fsp3) is 0.273. The van der Waals surface area contributed by atoms with Gasteiger partial charge in [0.1, 0.15) is 0 Å². The van der Waals surface area contributed by atoms with Crippen LogP contribution in [-0.4, -0.2) is 43.2 Å². The van der Waals surface area contributed by atoms with Crippen molar-refractivity contribution in [2.24, 2.45) is 0 Å². The van der Waals surface area contributed by atoms with Crippen LogP contribution in [0.15, 0.2) is 54.9 Å². The molecular formula is C22H22N4O3. The van der Waals surface area contributed by atoms with E-state index in [1.807, 2.05) is 22.9 Å². The molecule has 0 spiro atoms. The van der Waals surface area contributed by atoms with Crippen molar-refractivity contribution in [3.63, 3.8) is 0 Å². The molecule has 3 heterocycles. The van der Waals surface area contributed by atoms with Gasteiger partial charge < -0.3 is 10.0 Å². The van der Waals surface area contributed by atoms with Crippen LogP contribution in [0.25, 0.3) is 0 Å². The number of hydrogen-bond acceptors (Lipinski definition) is 4. The van der Waals surface area contributed by atoms with E-state index < -0.39 is 5.97 Å². The summed E-state index contributed by atoms with van der Waals surface area (Å²) in [6.07, 6.45) is 5.52. The van der Waals surface area contributed by atoms with Gasteiger partial charge in [0.15, 0.2) is 5.69 Å². The number of benzene rings is 1. The van der Waals surface area contributed by atoms with Gasteiger partial charge in [-0.3, -0.25) is 14.5 Å². The minimum absolute atomic E-state index is 0.0448. The average molecular weight is 390 g/mol. The maximum absolute atomic E-state index is 12.7. The van der Waals surface area contributed by atoms with Gasteiger partial charge in [0.05, 0.1) is 12.1 Å². The molecule has 0 saturated carbocycles. The molecule has 3 aromatic rings. The topological polar surface area (TPSA) is 88.3 Å². The lowest BCUT2D eigenvalue weighted by Crippen LogP contribution is -2.36. The summed E-state index contributed by atoms with van der Waals surface area (Å²) in [5, 5.41) is 14.0. The summed E-state index contributed by atoms with van der Waals surface area (Å²) in [6, 6.07) is 13.6. The first-order chi connectivity index (χ1) is 14.1. The van der Waals surface area contributed by atoms with E-state index in [0.717, 1.165) is 18.5 Å². The number of aryl methyl sites for hydroxylation is 2. The number of carboxylic acids is 1. The van der Waals surface area contributed by atoms with Crippen LogP contribution in [0, 0.1) is 0 Å². The summed E-state index contributed by atoms with van der Waals surface area (Å²) in [5.41, 5.74) is 3.36. The van der Waals surface area contributed by atoms with Crippen LogP contribution in [0.1, 0.15) is 44.1 Å². The van der Waals surface area contributed by atoms with Gasteiger partial charge >= 0.3 is 5.97 Å². The molecule has 4 rings (SSSR count). The van der Waals surface area contributed by atoms with E-state index in [2.05, 4.69) is 22.2 Å². The van der Waals surface area contributed by atoms with Crippen molar-refractivity contribution in [2.75, 3.05) is 6.54 Å². The molecule has 7 nitrogen and oxygen atoms in total. The van der Waals surface area contributed by atoms with E-state index in [1.165, 1.54) is 11.8 Å². The quantitative estimate of drug-likeness (QED) is 0.699. The van der Waals surface area contributed by atoms with Crippen LogP contribution in [0.5, 0.6) is 0 Å². The second-order valence-electron chi connectivity index (χ2n) is 7.11. The Labute approximate surface area is 168 Å². The number of carbonyl (C=O) groups is 2. The number of aromatic nitrogens is 3. The molecule has 0 radical (unpaired) electrons. The van der Waals surface area contributed by atoms with Crippen molar-refractivity contribution in [2.45, 2.75) is 32.4 Å². The zero-order valence-corrected chi connectivity index (χ0v) is 16.0. The molecule has 1 aliphatic heterocycles. The summed E-state index contributed by atoms with van der Waals surface area (Å²) in [4.78, 5) is 30.1. The Balaban J connectivity index is 1.51. The van der Waals surface area contributed by atoms with Gasteiger partial charge in [0.2, 0.25) is 0 Å². The van der Waals surface area contributed by atoms with Gasteiger partial charge in [-0.1, -0.05) is 30.3 Å². The van der Waals surface area contributed by atoms with Crippen LogP contribution in [-0.2, 0) is 25.9 Å². The molecule has 1 amide bonds. The minimum atomic E-state index is -1.06. The highest BCUT2D eigenvalue weighted by Gasteiger charge is 2.30. The second kappa shape index (κ2) is 8.26. The first-order valence-corrected chi connectivity index (χ1v) is 9.68. The van der Waals surface area contributed by atoms with Crippen LogP contribution in [0.4, 0.5) is 0 Å². The summed E-state index contributed by atoms with van der Waals surface area (Å²) in [6.45, 7) is 1.44. The molecule has 0 aliphatic carbocycles. The fourth-order valence-corrected chi connectivity index (χ4v) is 3.77. The average Bonchev–Trinajstić information content (AvgIpc) is 3.13. The molecule has 0 saturated heterocycles. The van der Waals surface area contributed by atoms with E-state index in [-0.39, 0.29) is 18.1 Å². The summed E-state index contributed by atoms with van der Waals surface area (Å²) in [5.74, 6) is -1.20. The summed E-state index contributed by atoms with van der Waals surface area (Å²) < 4.78 is 1.81. The maximum atomic E-state index is 12.7. The lowest BCUT2D eigenvalue weighted by atomic mass is 10.0. The number of carboxylic acid groups (broad SMARTS) is 1. The lowest BCUT2D eigenvalue weighted by Gasteiger charge is -2.27. The lowest BCUT2D eigenvalue weighted by molar-refractivity contribution is 0.0674. The highest BCUT2D eigenvalue weighted by atomic mass is 16.4. The van der Waals surface area contributed by atoms with Gasteiger partial charge in [-0.05, 0) is 30.5 Å². The molecule has 0 unspecified atom stereocenters. The number of pyridine rings is 1. The number of nitrogens with zero attached hydrogens (tertiary/aromatic N) is 4. The molecule has 1 aliphatic rings. The first-order valence-electron chi connectivity index (χ1n) is 9.68. The minimum Gasteiger partial charge on any atom is -0.476 e. The largest absolute Gasteiger partial charge is 0.476 e. The third-order valence-electron chi connectivity index (χ3n) is 5.21. The number of amides is 1. The summed E-state index contributed by atoms with van der Waals surface area (Å²) in [7, 11) is 0. The predicted molar refractivity (Wildman–Crippen MR) is 107 cm³/mol. The molecular weight excluding hydrogens is 368 g/mol. The van der Waals surface area contributed by atoms with Crippen molar-refractivity contribution in [1.82, 2.24) is 19.7 Å². The Morgan fingerprint density at radius 2 is 1.93 bits per heavy atom. The Morgan fingerprint density at radius 1 is 1.10 bits per heavy atom. The van der Waals surface area contributed by atoms with Crippen LogP contribution < -0.4 is 0 Å². The van der Waals surface area contributed by atoms with Gasteiger partial charge in [-0.2, -0.15) is 5.10 Å². The van der Waals surface area contributed by atoms with E-state index in [1.54, 1.807) is 23.2 Å².